The molecule has 21 heavy (non-hydrogen) atoms. The molecule has 2 atom stereocenters. The van der Waals surface area contributed by atoms with Gasteiger partial charge in [-0.05, 0) is 31.4 Å². The minimum absolute atomic E-state index is 0.0965. The number of rotatable bonds is 7. The summed E-state index contributed by atoms with van der Waals surface area (Å²) in [6.45, 7) is 6.25. The van der Waals surface area contributed by atoms with Crippen LogP contribution in [0.1, 0.15) is 39.3 Å². The van der Waals surface area contributed by atoms with Crippen LogP contribution in [0.2, 0.25) is 0 Å². The van der Waals surface area contributed by atoms with Crippen LogP contribution in [-0.4, -0.2) is 28.1 Å². The molecule has 6 nitrogen and oxygen atoms in total. The highest BCUT2D eigenvalue weighted by Crippen LogP contribution is 2.10. The van der Waals surface area contributed by atoms with E-state index >= 15 is 0 Å². The normalized spacial score (nSPS) is 13.3. The molecule has 0 saturated heterocycles. The first-order valence-electron chi connectivity index (χ1n) is 7.15. The van der Waals surface area contributed by atoms with Crippen molar-refractivity contribution >= 4 is 17.7 Å². The van der Waals surface area contributed by atoms with Gasteiger partial charge in [-0.25, -0.2) is 4.79 Å². The van der Waals surface area contributed by atoms with E-state index in [4.69, 9.17) is 5.11 Å². The van der Waals surface area contributed by atoms with E-state index in [1.807, 2.05) is 6.92 Å². The second-order valence-corrected chi connectivity index (χ2v) is 5.36. The van der Waals surface area contributed by atoms with E-state index in [1.54, 1.807) is 12.1 Å². The number of aromatic nitrogens is 1. The monoisotopic (exact) mass is 293 g/mol. The third kappa shape index (κ3) is 6.74. The number of carboxylic acid groups (broad SMARTS) is 1. The number of nitrogens with one attached hydrogen (secondary N) is 2. The molecule has 0 spiro atoms. The number of anilines is 1. The minimum atomic E-state index is -0.931. The lowest BCUT2D eigenvalue weighted by Crippen LogP contribution is -2.37. The first-order chi connectivity index (χ1) is 9.90. The van der Waals surface area contributed by atoms with Crippen LogP contribution in [0.3, 0.4) is 0 Å². The summed E-state index contributed by atoms with van der Waals surface area (Å²) in [6, 6.07) is 3.05. The Kier molecular flexibility index (Phi) is 6.65. The number of pyridine rings is 1. The van der Waals surface area contributed by atoms with Gasteiger partial charge in [0.1, 0.15) is 0 Å². The zero-order valence-corrected chi connectivity index (χ0v) is 12.7. The number of carbonyl (C=O) groups excluding carboxylic acids is 1. The van der Waals surface area contributed by atoms with Crippen LogP contribution in [-0.2, 0) is 11.2 Å². The van der Waals surface area contributed by atoms with E-state index in [-0.39, 0.29) is 18.5 Å². The molecule has 0 saturated carbocycles. The third-order valence-corrected chi connectivity index (χ3v) is 3.25. The summed E-state index contributed by atoms with van der Waals surface area (Å²) in [5.41, 5.74) is 0.996. The Hall–Kier alpha value is -2.11. The summed E-state index contributed by atoms with van der Waals surface area (Å²) in [7, 11) is 0. The molecule has 2 amide bonds. The van der Waals surface area contributed by atoms with Gasteiger partial charge in [0, 0.05) is 6.04 Å². The standard InChI is InChI=1S/C15H23N3O3/c1-4-10(2)7-11(3)17-15(21)18-13-6-5-12(16-9-13)8-14(19)20/h5-6,9-11H,4,7-8H2,1-3H3,(H,19,20)(H2,17,18,21). The third-order valence-electron chi connectivity index (χ3n) is 3.25. The minimum Gasteiger partial charge on any atom is -0.481 e. The molecule has 2 unspecified atom stereocenters. The molecule has 6 heteroatoms. The van der Waals surface area contributed by atoms with Gasteiger partial charge in [-0.1, -0.05) is 20.3 Å². The number of aliphatic carboxylic acids is 1. The zero-order valence-electron chi connectivity index (χ0n) is 12.7. The largest absolute Gasteiger partial charge is 0.481 e. The highest BCUT2D eigenvalue weighted by Gasteiger charge is 2.10. The number of nitrogens with zero attached hydrogens (tertiary/aromatic N) is 1. The van der Waals surface area contributed by atoms with Crippen molar-refractivity contribution in [1.29, 1.82) is 0 Å². The van der Waals surface area contributed by atoms with Crippen molar-refractivity contribution in [1.82, 2.24) is 10.3 Å². The molecule has 0 aliphatic heterocycles. The van der Waals surface area contributed by atoms with Crippen molar-refractivity contribution in [2.24, 2.45) is 5.92 Å². The Morgan fingerprint density at radius 2 is 2.05 bits per heavy atom. The lowest BCUT2D eigenvalue weighted by Gasteiger charge is -2.17. The van der Waals surface area contributed by atoms with Crippen LogP contribution in [0.4, 0.5) is 10.5 Å². The Morgan fingerprint density at radius 1 is 1.33 bits per heavy atom. The number of hydrogen-bond donors (Lipinski definition) is 3. The van der Waals surface area contributed by atoms with Gasteiger partial charge in [0.05, 0.1) is 24.0 Å². The van der Waals surface area contributed by atoms with Crippen molar-refractivity contribution in [2.75, 3.05) is 5.32 Å². The summed E-state index contributed by atoms with van der Waals surface area (Å²) in [4.78, 5) is 26.3. The number of carboxylic acids is 1. The van der Waals surface area contributed by atoms with Crippen LogP contribution in [0, 0.1) is 5.92 Å². The highest BCUT2D eigenvalue weighted by molar-refractivity contribution is 5.89. The Labute approximate surface area is 125 Å². The summed E-state index contributed by atoms with van der Waals surface area (Å²) in [5.74, 6) is -0.364. The number of carbonyl (C=O) groups is 2. The predicted molar refractivity (Wildman–Crippen MR) is 81.3 cm³/mol. The van der Waals surface area contributed by atoms with E-state index in [2.05, 4.69) is 29.5 Å². The molecule has 0 aromatic carbocycles. The Bertz CT molecular complexity index is 474. The van der Waals surface area contributed by atoms with Crippen molar-refractivity contribution in [3.63, 3.8) is 0 Å². The number of hydrogen-bond acceptors (Lipinski definition) is 3. The number of urea groups is 1. The van der Waals surface area contributed by atoms with Gasteiger partial charge in [0.15, 0.2) is 0 Å². The molecule has 1 aromatic heterocycles. The predicted octanol–water partition coefficient (Wildman–Crippen LogP) is 2.65. The van der Waals surface area contributed by atoms with Gasteiger partial charge in [0.2, 0.25) is 0 Å². The van der Waals surface area contributed by atoms with E-state index in [0.29, 0.717) is 17.3 Å². The smallest absolute Gasteiger partial charge is 0.319 e. The van der Waals surface area contributed by atoms with Crippen molar-refractivity contribution in [3.8, 4) is 0 Å². The van der Waals surface area contributed by atoms with Gasteiger partial charge < -0.3 is 15.7 Å². The average Bonchev–Trinajstić information content (AvgIpc) is 2.39. The second-order valence-electron chi connectivity index (χ2n) is 5.36. The maximum absolute atomic E-state index is 11.8. The van der Waals surface area contributed by atoms with Crippen LogP contribution in [0.5, 0.6) is 0 Å². The Balaban J connectivity index is 2.45. The molecule has 0 radical (unpaired) electrons. The van der Waals surface area contributed by atoms with Gasteiger partial charge in [-0.3, -0.25) is 9.78 Å². The molecule has 1 aromatic rings. The maximum atomic E-state index is 11.8. The van der Waals surface area contributed by atoms with Crippen molar-refractivity contribution in [3.05, 3.63) is 24.0 Å². The molecule has 1 heterocycles. The topological polar surface area (TPSA) is 91.3 Å². The summed E-state index contributed by atoms with van der Waals surface area (Å²) >= 11 is 0. The highest BCUT2D eigenvalue weighted by atomic mass is 16.4. The molecule has 1 rings (SSSR count). The number of amides is 2. The first kappa shape index (κ1) is 16.9. The Morgan fingerprint density at radius 3 is 2.57 bits per heavy atom. The molecular weight excluding hydrogens is 270 g/mol. The molecule has 0 aliphatic rings. The average molecular weight is 293 g/mol. The van der Waals surface area contributed by atoms with E-state index in [1.165, 1.54) is 6.20 Å². The van der Waals surface area contributed by atoms with Crippen molar-refractivity contribution < 1.29 is 14.7 Å². The van der Waals surface area contributed by atoms with E-state index in [0.717, 1.165) is 12.8 Å². The maximum Gasteiger partial charge on any atom is 0.319 e. The van der Waals surface area contributed by atoms with Gasteiger partial charge in [-0.2, -0.15) is 0 Å². The molecule has 116 valence electrons. The fourth-order valence-corrected chi connectivity index (χ4v) is 1.98. The van der Waals surface area contributed by atoms with E-state index < -0.39 is 5.97 Å². The zero-order chi connectivity index (χ0) is 15.8. The van der Waals surface area contributed by atoms with Crippen LogP contribution >= 0.6 is 0 Å². The van der Waals surface area contributed by atoms with Gasteiger partial charge in [-0.15, -0.1) is 0 Å². The SMILES string of the molecule is CCC(C)CC(C)NC(=O)Nc1ccc(CC(=O)O)nc1. The lowest BCUT2D eigenvalue weighted by atomic mass is 10.0. The molecule has 0 bridgehead atoms. The lowest BCUT2D eigenvalue weighted by molar-refractivity contribution is -0.136. The van der Waals surface area contributed by atoms with Crippen molar-refractivity contribution in [2.45, 2.75) is 46.1 Å². The van der Waals surface area contributed by atoms with Gasteiger partial charge >= 0.3 is 12.0 Å². The quantitative estimate of drug-likeness (QED) is 0.720. The van der Waals surface area contributed by atoms with Crippen LogP contribution in [0.15, 0.2) is 18.3 Å². The molecule has 0 aliphatic carbocycles. The van der Waals surface area contributed by atoms with Crippen LogP contribution < -0.4 is 10.6 Å². The van der Waals surface area contributed by atoms with Gasteiger partial charge in [0.25, 0.3) is 0 Å². The summed E-state index contributed by atoms with van der Waals surface area (Å²) < 4.78 is 0. The van der Waals surface area contributed by atoms with E-state index in [9.17, 15) is 9.59 Å². The summed E-state index contributed by atoms with van der Waals surface area (Å²) in [6.07, 6.45) is 3.35. The fraction of sp³-hybridized carbons (Fsp3) is 0.533. The second kappa shape index (κ2) is 8.24. The molecular formula is C15H23N3O3. The molecule has 3 N–H and O–H groups in total. The first-order valence-corrected chi connectivity index (χ1v) is 7.15. The fourth-order valence-electron chi connectivity index (χ4n) is 1.98. The summed E-state index contributed by atoms with van der Waals surface area (Å²) in [5, 5.41) is 14.2. The molecule has 0 fully saturated rings. The van der Waals surface area contributed by atoms with Crippen LogP contribution in [0.25, 0.3) is 0 Å².